The van der Waals surface area contributed by atoms with Gasteiger partial charge in [-0.1, -0.05) is 212 Å². The van der Waals surface area contributed by atoms with E-state index in [2.05, 4.69) is 234 Å². The van der Waals surface area contributed by atoms with Crippen LogP contribution in [0.5, 0.6) is 0 Å². The minimum atomic E-state index is 0.572. The number of aromatic nitrogens is 5. The second-order valence-electron chi connectivity index (χ2n) is 17.6. The number of rotatable bonds is 7. The molecule has 4 aromatic heterocycles. The van der Waals surface area contributed by atoms with Crippen LogP contribution in [-0.4, -0.2) is 24.1 Å². The fourth-order valence-corrected chi connectivity index (χ4v) is 11.7. The molecule has 0 fully saturated rings. The SMILES string of the molecule is c1ccc(-c2ccc(-c3nc(-c4ccc(-c5ccccc5)cc4)nc(-n4c5ccccc5c5ccc6c7ccc8c9ccccc9n(-c9ccc(-c%10ccccc%10)cc9)c8c7sc6c54)n3)cc2)cc1. The highest BCUT2D eigenvalue weighted by molar-refractivity contribution is 7.27. The first-order valence-electron chi connectivity index (χ1n) is 23.3. The summed E-state index contributed by atoms with van der Waals surface area (Å²) in [5, 5.41) is 7.19. The zero-order chi connectivity index (χ0) is 45.4. The average Bonchev–Trinajstić information content (AvgIpc) is 4.10. The predicted octanol–water partition coefficient (Wildman–Crippen LogP) is 16.8. The Balaban J connectivity index is 1.01. The van der Waals surface area contributed by atoms with Crippen LogP contribution in [0.2, 0.25) is 0 Å². The molecular formula is C63H39N5S. The van der Waals surface area contributed by atoms with Crippen LogP contribution in [0.3, 0.4) is 0 Å². The Hall–Kier alpha value is -8.97. The Morgan fingerprint density at radius 1 is 0.261 bits per heavy atom. The first kappa shape index (κ1) is 39.2. The largest absolute Gasteiger partial charge is 0.308 e. The minimum Gasteiger partial charge on any atom is -0.308 e. The summed E-state index contributed by atoms with van der Waals surface area (Å²) in [6, 6.07) is 84.3. The molecule has 0 atom stereocenters. The van der Waals surface area contributed by atoms with Crippen LogP contribution in [0.25, 0.3) is 132 Å². The molecule has 0 saturated heterocycles. The molecular weight excluding hydrogens is 859 g/mol. The average molecular weight is 898 g/mol. The summed E-state index contributed by atoms with van der Waals surface area (Å²) in [7, 11) is 0. The lowest BCUT2D eigenvalue weighted by molar-refractivity contribution is 0.955. The first-order valence-corrected chi connectivity index (χ1v) is 24.1. The molecule has 6 heteroatoms. The van der Waals surface area contributed by atoms with Crippen LogP contribution in [-0.2, 0) is 0 Å². The highest BCUT2D eigenvalue weighted by Gasteiger charge is 2.24. The van der Waals surface area contributed by atoms with E-state index in [9.17, 15) is 0 Å². The van der Waals surface area contributed by atoms with E-state index in [4.69, 9.17) is 15.0 Å². The molecule has 0 bridgehead atoms. The van der Waals surface area contributed by atoms with Gasteiger partial charge in [-0.15, -0.1) is 11.3 Å². The summed E-state index contributed by atoms with van der Waals surface area (Å²) >= 11 is 1.86. The summed E-state index contributed by atoms with van der Waals surface area (Å²) in [6.07, 6.45) is 0. The molecule has 0 aliphatic rings. The third-order valence-electron chi connectivity index (χ3n) is 13.6. The smallest absolute Gasteiger partial charge is 0.238 e. The van der Waals surface area contributed by atoms with Gasteiger partial charge >= 0.3 is 0 Å². The van der Waals surface area contributed by atoms with Gasteiger partial charge < -0.3 is 4.57 Å². The Bertz CT molecular complexity index is 4150. The van der Waals surface area contributed by atoms with Gasteiger partial charge in [0.25, 0.3) is 0 Å². The number of benzene rings is 10. The van der Waals surface area contributed by atoms with E-state index < -0.39 is 0 Å². The standard InChI is InChI=1S/C63H39N5S/c1-4-14-40(15-5-1)43-24-28-46(29-25-43)61-64-62(47-30-26-44(27-31-47)41-16-6-2-7-17-41)66-63(65-61)68-56-23-13-11-21-50(56)52-37-39-54-53-38-36-51-49-20-10-12-22-55(49)67(57(51)59(53)69-60(54)58(52)68)48-34-32-45(33-35-48)42-18-8-3-9-19-42/h1-39H. The van der Waals surface area contributed by atoms with Gasteiger partial charge in [-0.25, -0.2) is 4.98 Å². The second kappa shape index (κ2) is 15.8. The first-order chi connectivity index (χ1) is 34.2. The zero-order valence-electron chi connectivity index (χ0n) is 37.2. The molecule has 0 amide bonds. The van der Waals surface area contributed by atoms with Gasteiger partial charge in [0.15, 0.2) is 11.6 Å². The number of nitrogens with zero attached hydrogens (tertiary/aromatic N) is 5. The van der Waals surface area contributed by atoms with Crippen molar-refractivity contribution < 1.29 is 0 Å². The number of hydrogen-bond acceptors (Lipinski definition) is 4. The monoisotopic (exact) mass is 897 g/mol. The molecule has 0 spiro atoms. The van der Waals surface area contributed by atoms with Crippen molar-refractivity contribution in [2.75, 3.05) is 0 Å². The number of fused-ring (bicyclic) bond motifs is 11. The lowest BCUT2D eigenvalue weighted by Gasteiger charge is -2.12. The molecule has 5 nitrogen and oxygen atoms in total. The molecule has 0 radical (unpaired) electrons. The van der Waals surface area contributed by atoms with E-state index in [-0.39, 0.29) is 0 Å². The van der Waals surface area contributed by atoms with E-state index in [0.29, 0.717) is 17.6 Å². The fourth-order valence-electron chi connectivity index (χ4n) is 10.3. The van der Waals surface area contributed by atoms with Gasteiger partial charge in [-0.2, -0.15) is 9.97 Å². The molecule has 69 heavy (non-hydrogen) atoms. The molecule has 0 aliphatic carbocycles. The van der Waals surface area contributed by atoms with Crippen molar-refractivity contribution in [3.05, 3.63) is 237 Å². The summed E-state index contributed by atoms with van der Waals surface area (Å²) in [4.78, 5) is 16.0. The predicted molar refractivity (Wildman–Crippen MR) is 289 cm³/mol. The van der Waals surface area contributed by atoms with Gasteiger partial charge in [0.2, 0.25) is 5.95 Å². The Morgan fingerprint density at radius 3 is 1.07 bits per heavy atom. The molecule has 14 aromatic rings. The van der Waals surface area contributed by atoms with Crippen LogP contribution in [0, 0.1) is 0 Å². The van der Waals surface area contributed by atoms with Crippen molar-refractivity contribution in [2.45, 2.75) is 0 Å². The molecule has 0 aliphatic heterocycles. The number of hydrogen-bond donors (Lipinski definition) is 0. The molecule has 4 heterocycles. The van der Waals surface area contributed by atoms with Gasteiger partial charge in [-0.3, -0.25) is 4.57 Å². The summed E-state index contributed by atoms with van der Waals surface area (Å²) in [6.45, 7) is 0. The molecule has 0 saturated carbocycles. The Morgan fingerprint density at radius 2 is 0.609 bits per heavy atom. The van der Waals surface area contributed by atoms with E-state index in [0.717, 1.165) is 60.9 Å². The van der Waals surface area contributed by atoms with Crippen molar-refractivity contribution in [3.63, 3.8) is 0 Å². The number of thiophene rings is 1. The van der Waals surface area contributed by atoms with Gasteiger partial charge in [0.05, 0.1) is 31.5 Å². The lowest BCUT2D eigenvalue weighted by Crippen LogP contribution is -2.06. The van der Waals surface area contributed by atoms with E-state index in [1.807, 2.05) is 23.5 Å². The molecule has 10 aromatic carbocycles. The number of para-hydroxylation sites is 2. The van der Waals surface area contributed by atoms with Gasteiger partial charge in [0.1, 0.15) is 0 Å². The maximum absolute atomic E-state index is 5.40. The Labute approximate surface area is 401 Å². The van der Waals surface area contributed by atoms with E-state index in [1.54, 1.807) is 0 Å². The van der Waals surface area contributed by atoms with Crippen LogP contribution in [0.4, 0.5) is 0 Å². The zero-order valence-corrected chi connectivity index (χ0v) is 38.0. The maximum atomic E-state index is 5.40. The highest BCUT2D eigenvalue weighted by atomic mass is 32.1. The van der Waals surface area contributed by atoms with Crippen LogP contribution < -0.4 is 0 Å². The third-order valence-corrected chi connectivity index (χ3v) is 14.9. The Kier molecular flexibility index (Phi) is 9.00. The van der Waals surface area contributed by atoms with Crippen LogP contribution in [0.1, 0.15) is 0 Å². The lowest BCUT2D eigenvalue weighted by atomic mass is 10.0. The van der Waals surface area contributed by atoms with Gasteiger partial charge in [0, 0.05) is 49.1 Å². The molecule has 0 unspecified atom stereocenters. The van der Waals surface area contributed by atoms with E-state index >= 15 is 0 Å². The van der Waals surface area contributed by atoms with Crippen molar-refractivity contribution in [1.82, 2.24) is 24.1 Å². The molecule has 322 valence electrons. The molecule has 0 N–H and O–H groups in total. The summed E-state index contributed by atoms with van der Waals surface area (Å²) in [5.41, 5.74) is 14.5. The van der Waals surface area contributed by atoms with E-state index in [1.165, 1.54) is 53.1 Å². The fraction of sp³-hybridized carbons (Fsp3) is 0. The van der Waals surface area contributed by atoms with Crippen LogP contribution >= 0.6 is 11.3 Å². The van der Waals surface area contributed by atoms with Crippen molar-refractivity contribution in [2.24, 2.45) is 0 Å². The second-order valence-corrected chi connectivity index (χ2v) is 18.6. The topological polar surface area (TPSA) is 48.5 Å². The maximum Gasteiger partial charge on any atom is 0.238 e. The molecule has 14 rings (SSSR count). The van der Waals surface area contributed by atoms with Crippen LogP contribution in [0.15, 0.2) is 237 Å². The van der Waals surface area contributed by atoms with Crippen molar-refractivity contribution in [1.29, 1.82) is 0 Å². The quantitative estimate of drug-likeness (QED) is 0.160. The van der Waals surface area contributed by atoms with Gasteiger partial charge in [-0.05, 0) is 57.6 Å². The third kappa shape index (κ3) is 6.41. The normalized spacial score (nSPS) is 11.8. The highest BCUT2D eigenvalue weighted by Crippen LogP contribution is 2.47. The minimum absolute atomic E-state index is 0.572. The van der Waals surface area contributed by atoms with Crippen molar-refractivity contribution >= 4 is 75.1 Å². The summed E-state index contributed by atoms with van der Waals surface area (Å²) in [5.74, 6) is 1.80. The van der Waals surface area contributed by atoms with Crippen molar-refractivity contribution in [3.8, 4) is 67.8 Å². The summed E-state index contributed by atoms with van der Waals surface area (Å²) < 4.78 is 7.16.